The molecule has 1 N–H and O–H groups in total. The summed E-state index contributed by atoms with van der Waals surface area (Å²) in [5.74, 6) is -0.869. The number of amides is 1. The molecule has 0 saturated carbocycles. The smallest absolute Gasteiger partial charge is 0.319 e. The van der Waals surface area contributed by atoms with Crippen LogP contribution in [-0.4, -0.2) is 34.2 Å². The Hall–Kier alpha value is -2.98. The summed E-state index contributed by atoms with van der Waals surface area (Å²) in [6.07, 6.45) is 0. The third-order valence-electron chi connectivity index (χ3n) is 4.44. The quantitative estimate of drug-likeness (QED) is 0.658. The first-order valence-corrected chi connectivity index (χ1v) is 10.5. The minimum Gasteiger partial charge on any atom is -0.319 e. The Morgan fingerprint density at radius 1 is 1.14 bits per heavy atom. The zero-order valence-electron chi connectivity index (χ0n) is 15.8. The van der Waals surface area contributed by atoms with E-state index in [0.717, 1.165) is 9.13 Å². The molecule has 1 aromatic carbocycles. The van der Waals surface area contributed by atoms with Crippen LogP contribution in [0.5, 0.6) is 0 Å². The highest BCUT2D eigenvalue weighted by Crippen LogP contribution is 2.26. The SMILES string of the molecule is CCS(=O)(=O)c1ccc(Cl)cc1NC(=O)c1ccc2c(=O)n(C)c(=O)n(C)c2n1. The fourth-order valence-corrected chi connectivity index (χ4v) is 4.00. The topological polar surface area (TPSA) is 120 Å². The third kappa shape index (κ3) is 3.68. The number of hydrogen-bond donors (Lipinski definition) is 1. The highest BCUT2D eigenvalue weighted by atomic mass is 35.5. The standard InChI is InChI=1S/C18H17ClN4O5S/c1-4-29(27,28)14-8-5-10(19)9-13(14)21-16(24)12-7-6-11-15(20-12)22(2)18(26)23(3)17(11)25/h5-9H,4H2,1-3H3,(H,21,24). The van der Waals surface area contributed by atoms with Crippen molar-refractivity contribution in [3.63, 3.8) is 0 Å². The maximum atomic E-state index is 12.7. The van der Waals surface area contributed by atoms with Crippen LogP contribution in [0.1, 0.15) is 17.4 Å². The Morgan fingerprint density at radius 2 is 1.83 bits per heavy atom. The van der Waals surface area contributed by atoms with E-state index in [2.05, 4.69) is 10.3 Å². The lowest BCUT2D eigenvalue weighted by Crippen LogP contribution is -2.37. The fraction of sp³-hybridized carbons (Fsp3) is 0.222. The van der Waals surface area contributed by atoms with Gasteiger partial charge < -0.3 is 5.32 Å². The van der Waals surface area contributed by atoms with E-state index < -0.39 is 27.0 Å². The van der Waals surface area contributed by atoms with Crippen LogP contribution in [0.4, 0.5) is 5.69 Å². The molecule has 0 aliphatic carbocycles. The lowest BCUT2D eigenvalue weighted by molar-refractivity contribution is 0.102. The molecule has 1 amide bonds. The van der Waals surface area contributed by atoms with Gasteiger partial charge in [0.15, 0.2) is 9.84 Å². The van der Waals surface area contributed by atoms with Crippen molar-refractivity contribution < 1.29 is 13.2 Å². The Bertz CT molecular complexity index is 1380. The summed E-state index contributed by atoms with van der Waals surface area (Å²) >= 11 is 5.95. The maximum absolute atomic E-state index is 12.7. The molecule has 2 heterocycles. The van der Waals surface area contributed by atoms with Gasteiger partial charge in [-0.25, -0.2) is 18.2 Å². The summed E-state index contributed by atoms with van der Waals surface area (Å²) in [6.45, 7) is 1.49. The van der Waals surface area contributed by atoms with Crippen molar-refractivity contribution in [2.75, 3.05) is 11.1 Å². The van der Waals surface area contributed by atoms with Crippen molar-refractivity contribution >= 4 is 44.1 Å². The molecular weight excluding hydrogens is 420 g/mol. The number of hydrogen-bond acceptors (Lipinski definition) is 6. The zero-order chi connectivity index (χ0) is 21.5. The Morgan fingerprint density at radius 3 is 2.48 bits per heavy atom. The first kappa shape index (κ1) is 20.7. The summed E-state index contributed by atoms with van der Waals surface area (Å²) in [4.78, 5) is 41.1. The molecule has 2 aromatic heterocycles. The molecule has 0 saturated heterocycles. The van der Waals surface area contributed by atoms with Crippen LogP contribution in [0.15, 0.2) is 44.8 Å². The van der Waals surface area contributed by atoms with Gasteiger partial charge in [0.2, 0.25) is 0 Å². The van der Waals surface area contributed by atoms with E-state index in [4.69, 9.17) is 11.6 Å². The molecular formula is C18H17ClN4O5S. The second-order valence-corrected chi connectivity index (χ2v) is 8.95. The molecule has 0 radical (unpaired) electrons. The number of pyridine rings is 1. The van der Waals surface area contributed by atoms with Crippen molar-refractivity contribution in [1.82, 2.24) is 14.1 Å². The van der Waals surface area contributed by atoms with Crippen LogP contribution in [0.25, 0.3) is 11.0 Å². The normalized spacial score (nSPS) is 11.6. The molecule has 152 valence electrons. The molecule has 0 unspecified atom stereocenters. The van der Waals surface area contributed by atoms with Gasteiger partial charge in [0.1, 0.15) is 11.3 Å². The molecule has 29 heavy (non-hydrogen) atoms. The summed E-state index contributed by atoms with van der Waals surface area (Å²) in [6, 6.07) is 6.77. The van der Waals surface area contributed by atoms with E-state index >= 15 is 0 Å². The summed E-state index contributed by atoms with van der Waals surface area (Å²) in [7, 11) is -0.835. The van der Waals surface area contributed by atoms with Crippen molar-refractivity contribution in [2.24, 2.45) is 14.1 Å². The van der Waals surface area contributed by atoms with Crippen LogP contribution in [0.2, 0.25) is 5.02 Å². The minimum absolute atomic E-state index is 0.0177. The highest BCUT2D eigenvalue weighted by Gasteiger charge is 2.20. The summed E-state index contributed by atoms with van der Waals surface area (Å²) in [5, 5.41) is 2.91. The molecule has 9 nitrogen and oxygen atoms in total. The molecule has 11 heteroatoms. The minimum atomic E-state index is -3.61. The molecule has 0 aliphatic rings. The number of anilines is 1. The second kappa shape index (κ2) is 7.45. The Balaban J connectivity index is 2.10. The fourth-order valence-electron chi connectivity index (χ4n) is 2.79. The van der Waals surface area contributed by atoms with Gasteiger partial charge in [0.25, 0.3) is 11.5 Å². The number of halogens is 1. The van der Waals surface area contributed by atoms with E-state index in [0.29, 0.717) is 0 Å². The monoisotopic (exact) mass is 436 g/mol. The van der Waals surface area contributed by atoms with Crippen molar-refractivity contribution in [1.29, 1.82) is 0 Å². The van der Waals surface area contributed by atoms with E-state index in [9.17, 15) is 22.8 Å². The Labute approximate surface area is 170 Å². The van der Waals surface area contributed by atoms with E-state index in [1.165, 1.54) is 51.4 Å². The number of aromatic nitrogens is 3. The van der Waals surface area contributed by atoms with Gasteiger partial charge in [-0.15, -0.1) is 0 Å². The van der Waals surface area contributed by atoms with Gasteiger partial charge in [-0.1, -0.05) is 18.5 Å². The molecule has 3 aromatic rings. The lowest BCUT2D eigenvalue weighted by atomic mass is 10.2. The van der Waals surface area contributed by atoms with E-state index in [-0.39, 0.29) is 38.1 Å². The van der Waals surface area contributed by atoms with Crippen molar-refractivity contribution in [2.45, 2.75) is 11.8 Å². The predicted octanol–water partition coefficient (Wildman–Crippen LogP) is 1.33. The molecule has 0 bridgehead atoms. The van der Waals surface area contributed by atoms with Gasteiger partial charge in [0, 0.05) is 19.1 Å². The number of carbonyl (C=O) groups excluding carboxylic acids is 1. The number of sulfone groups is 1. The Kier molecular flexibility index (Phi) is 5.33. The number of nitrogens with one attached hydrogen (secondary N) is 1. The number of carbonyl (C=O) groups is 1. The first-order chi connectivity index (χ1) is 13.6. The molecule has 0 spiro atoms. The number of fused-ring (bicyclic) bond motifs is 1. The van der Waals surface area contributed by atoms with Gasteiger partial charge in [-0.05, 0) is 30.3 Å². The van der Waals surface area contributed by atoms with Gasteiger partial charge in [-0.3, -0.25) is 18.7 Å². The average Bonchev–Trinajstić information content (AvgIpc) is 2.70. The van der Waals surface area contributed by atoms with Crippen LogP contribution < -0.4 is 16.6 Å². The average molecular weight is 437 g/mol. The number of nitrogens with zero attached hydrogens (tertiary/aromatic N) is 3. The summed E-state index contributed by atoms with van der Waals surface area (Å²) < 4.78 is 26.7. The van der Waals surface area contributed by atoms with Crippen LogP contribution in [0.3, 0.4) is 0 Å². The van der Waals surface area contributed by atoms with Crippen molar-refractivity contribution in [3.8, 4) is 0 Å². The first-order valence-electron chi connectivity index (χ1n) is 8.47. The largest absolute Gasteiger partial charge is 0.332 e. The number of aryl methyl sites for hydroxylation is 1. The molecule has 0 fully saturated rings. The second-order valence-electron chi connectivity index (χ2n) is 6.27. The van der Waals surface area contributed by atoms with Crippen LogP contribution >= 0.6 is 11.6 Å². The van der Waals surface area contributed by atoms with E-state index in [1.54, 1.807) is 0 Å². The van der Waals surface area contributed by atoms with Crippen LogP contribution in [0, 0.1) is 0 Å². The molecule has 0 aliphatic heterocycles. The maximum Gasteiger partial charge on any atom is 0.332 e. The van der Waals surface area contributed by atoms with E-state index in [1.807, 2.05) is 0 Å². The van der Waals surface area contributed by atoms with Crippen molar-refractivity contribution in [3.05, 3.63) is 61.9 Å². The zero-order valence-corrected chi connectivity index (χ0v) is 17.3. The lowest BCUT2D eigenvalue weighted by Gasteiger charge is -2.12. The molecule has 3 rings (SSSR count). The van der Waals surface area contributed by atoms with Crippen LogP contribution in [-0.2, 0) is 23.9 Å². The number of rotatable bonds is 4. The number of benzene rings is 1. The molecule has 0 atom stereocenters. The highest BCUT2D eigenvalue weighted by molar-refractivity contribution is 7.91. The summed E-state index contributed by atoms with van der Waals surface area (Å²) in [5.41, 5.74) is -1.16. The van der Waals surface area contributed by atoms with Gasteiger partial charge in [0.05, 0.1) is 21.7 Å². The van der Waals surface area contributed by atoms with Gasteiger partial charge >= 0.3 is 5.69 Å². The predicted molar refractivity (Wildman–Crippen MR) is 109 cm³/mol. The van der Waals surface area contributed by atoms with Gasteiger partial charge in [-0.2, -0.15) is 0 Å². The third-order valence-corrected chi connectivity index (χ3v) is 6.46.